The first-order chi connectivity index (χ1) is 8.70. The van der Waals surface area contributed by atoms with Crippen LogP contribution in [-0.4, -0.2) is 17.1 Å². The Balaban J connectivity index is 2.16. The lowest BCUT2D eigenvalue weighted by Crippen LogP contribution is -2.18. The van der Waals surface area contributed by atoms with Crippen molar-refractivity contribution in [3.63, 3.8) is 0 Å². The van der Waals surface area contributed by atoms with E-state index < -0.39 is 0 Å². The van der Waals surface area contributed by atoms with Gasteiger partial charge in [0.1, 0.15) is 0 Å². The van der Waals surface area contributed by atoms with E-state index in [1.165, 1.54) is 5.56 Å². The van der Waals surface area contributed by atoms with Gasteiger partial charge >= 0.3 is 0 Å². The van der Waals surface area contributed by atoms with E-state index in [4.69, 9.17) is 5.11 Å². The molecule has 2 rings (SSSR count). The minimum Gasteiger partial charge on any atom is -0.392 e. The molecule has 0 bridgehead atoms. The Kier molecular flexibility index (Phi) is 3.95. The van der Waals surface area contributed by atoms with Crippen molar-refractivity contribution in [2.45, 2.75) is 20.1 Å². The molecule has 0 radical (unpaired) electrons. The van der Waals surface area contributed by atoms with Gasteiger partial charge in [0.15, 0.2) is 0 Å². The lowest BCUT2D eigenvalue weighted by molar-refractivity contribution is 0.282. The second-order valence-electron chi connectivity index (χ2n) is 4.46. The van der Waals surface area contributed by atoms with Gasteiger partial charge in [-0.05, 0) is 36.2 Å². The summed E-state index contributed by atoms with van der Waals surface area (Å²) in [7, 11) is 2.05. The van der Waals surface area contributed by atoms with Crippen LogP contribution in [0.15, 0.2) is 42.6 Å². The fourth-order valence-corrected chi connectivity index (χ4v) is 2.06. The van der Waals surface area contributed by atoms with Gasteiger partial charge in [-0.15, -0.1) is 0 Å². The van der Waals surface area contributed by atoms with Crippen LogP contribution >= 0.6 is 0 Å². The summed E-state index contributed by atoms with van der Waals surface area (Å²) >= 11 is 0. The predicted molar refractivity (Wildman–Crippen MR) is 73.4 cm³/mol. The van der Waals surface area contributed by atoms with Crippen molar-refractivity contribution in [2.75, 3.05) is 11.9 Å². The van der Waals surface area contributed by atoms with Crippen molar-refractivity contribution in [1.82, 2.24) is 4.98 Å². The number of benzene rings is 1. The molecule has 2 aromatic rings. The highest BCUT2D eigenvalue weighted by Gasteiger charge is 2.06. The van der Waals surface area contributed by atoms with Gasteiger partial charge in [-0.25, -0.2) is 0 Å². The Morgan fingerprint density at radius 3 is 2.67 bits per heavy atom. The summed E-state index contributed by atoms with van der Waals surface area (Å²) in [6.07, 6.45) is 1.81. The lowest BCUT2D eigenvalue weighted by Gasteiger charge is -2.21. The first-order valence-corrected chi connectivity index (χ1v) is 6.02. The number of aliphatic hydroxyl groups is 1. The van der Waals surface area contributed by atoms with Crippen molar-refractivity contribution in [3.8, 4) is 0 Å². The topological polar surface area (TPSA) is 36.4 Å². The predicted octanol–water partition coefficient (Wildman–Crippen LogP) is 2.52. The van der Waals surface area contributed by atoms with Gasteiger partial charge in [-0.3, -0.25) is 4.98 Å². The van der Waals surface area contributed by atoms with E-state index in [2.05, 4.69) is 23.9 Å². The maximum Gasteiger partial charge on any atom is 0.0681 e. The van der Waals surface area contributed by atoms with Gasteiger partial charge in [-0.2, -0.15) is 0 Å². The number of pyridine rings is 1. The van der Waals surface area contributed by atoms with Crippen LogP contribution < -0.4 is 4.90 Å². The monoisotopic (exact) mass is 242 g/mol. The molecular weight excluding hydrogens is 224 g/mol. The smallest absolute Gasteiger partial charge is 0.0681 e. The molecule has 0 fully saturated rings. The molecule has 0 amide bonds. The van der Waals surface area contributed by atoms with Crippen LogP contribution in [-0.2, 0) is 13.2 Å². The summed E-state index contributed by atoms with van der Waals surface area (Å²) in [5, 5.41) is 9.10. The molecule has 3 heteroatoms. The van der Waals surface area contributed by atoms with Crippen LogP contribution in [0.1, 0.15) is 16.8 Å². The van der Waals surface area contributed by atoms with Gasteiger partial charge in [0, 0.05) is 18.9 Å². The van der Waals surface area contributed by atoms with E-state index >= 15 is 0 Å². The molecular formula is C15H18N2O. The standard InChI is InChI=1S/C15H18N2O/c1-12-9-13(11-18)6-7-15(12)17(2)10-14-5-3-4-8-16-14/h3-9,18H,10-11H2,1-2H3. The van der Waals surface area contributed by atoms with Crippen molar-refractivity contribution in [1.29, 1.82) is 0 Å². The van der Waals surface area contributed by atoms with Crippen molar-refractivity contribution in [3.05, 3.63) is 59.4 Å². The number of aliphatic hydroxyl groups excluding tert-OH is 1. The van der Waals surface area contributed by atoms with Crippen LogP contribution in [0.3, 0.4) is 0 Å². The molecule has 0 saturated carbocycles. The third kappa shape index (κ3) is 2.87. The van der Waals surface area contributed by atoms with Crippen molar-refractivity contribution in [2.24, 2.45) is 0 Å². The molecule has 0 saturated heterocycles. The summed E-state index contributed by atoms with van der Waals surface area (Å²) < 4.78 is 0. The van der Waals surface area contributed by atoms with E-state index in [9.17, 15) is 0 Å². The lowest BCUT2D eigenvalue weighted by atomic mass is 10.1. The Morgan fingerprint density at radius 2 is 2.06 bits per heavy atom. The van der Waals surface area contributed by atoms with E-state index in [-0.39, 0.29) is 6.61 Å². The van der Waals surface area contributed by atoms with E-state index in [1.807, 2.05) is 42.6 Å². The van der Waals surface area contributed by atoms with Gasteiger partial charge in [-0.1, -0.05) is 18.2 Å². The first kappa shape index (κ1) is 12.6. The largest absolute Gasteiger partial charge is 0.392 e. The highest BCUT2D eigenvalue weighted by molar-refractivity contribution is 5.54. The number of aryl methyl sites for hydroxylation is 1. The van der Waals surface area contributed by atoms with Crippen molar-refractivity contribution >= 4 is 5.69 Å². The fourth-order valence-electron chi connectivity index (χ4n) is 2.06. The van der Waals surface area contributed by atoms with Crippen LogP contribution in [0.2, 0.25) is 0 Å². The molecule has 0 atom stereocenters. The number of rotatable bonds is 4. The fraction of sp³-hybridized carbons (Fsp3) is 0.267. The van der Waals surface area contributed by atoms with Crippen LogP contribution in [0.4, 0.5) is 5.69 Å². The molecule has 0 unspecified atom stereocenters. The molecule has 1 heterocycles. The molecule has 0 spiro atoms. The van der Waals surface area contributed by atoms with E-state index in [0.717, 1.165) is 23.5 Å². The highest BCUT2D eigenvalue weighted by atomic mass is 16.3. The number of aromatic nitrogens is 1. The average Bonchev–Trinajstić information content (AvgIpc) is 2.39. The zero-order chi connectivity index (χ0) is 13.0. The van der Waals surface area contributed by atoms with Crippen molar-refractivity contribution < 1.29 is 5.11 Å². The van der Waals surface area contributed by atoms with Gasteiger partial charge in [0.2, 0.25) is 0 Å². The molecule has 0 aliphatic carbocycles. The Bertz CT molecular complexity index is 511. The van der Waals surface area contributed by atoms with Gasteiger partial charge in [0.25, 0.3) is 0 Å². The van der Waals surface area contributed by atoms with Gasteiger partial charge in [0.05, 0.1) is 18.8 Å². The molecule has 3 nitrogen and oxygen atoms in total. The molecule has 94 valence electrons. The maximum absolute atomic E-state index is 9.10. The second-order valence-corrected chi connectivity index (χ2v) is 4.46. The summed E-state index contributed by atoms with van der Waals surface area (Å²) in [4.78, 5) is 6.49. The molecule has 1 aromatic heterocycles. The SMILES string of the molecule is Cc1cc(CO)ccc1N(C)Cc1ccccn1. The zero-order valence-corrected chi connectivity index (χ0v) is 10.8. The van der Waals surface area contributed by atoms with Gasteiger partial charge < -0.3 is 10.0 Å². The number of hydrogen-bond acceptors (Lipinski definition) is 3. The summed E-state index contributed by atoms with van der Waals surface area (Å²) in [5.41, 5.74) is 4.32. The van der Waals surface area contributed by atoms with E-state index in [0.29, 0.717) is 0 Å². The quantitative estimate of drug-likeness (QED) is 0.895. The molecule has 0 aliphatic rings. The third-order valence-corrected chi connectivity index (χ3v) is 2.98. The summed E-state index contributed by atoms with van der Waals surface area (Å²) in [6.45, 7) is 2.93. The van der Waals surface area contributed by atoms with Crippen LogP contribution in [0.25, 0.3) is 0 Å². The number of hydrogen-bond donors (Lipinski definition) is 1. The normalized spacial score (nSPS) is 10.4. The maximum atomic E-state index is 9.10. The molecule has 0 aliphatic heterocycles. The molecule has 18 heavy (non-hydrogen) atoms. The Morgan fingerprint density at radius 1 is 1.22 bits per heavy atom. The first-order valence-electron chi connectivity index (χ1n) is 6.02. The Hall–Kier alpha value is -1.87. The molecule has 1 aromatic carbocycles. The Labute approximate surface area is 108 Å². The van der Waals surface area contributed by atoms with E-state index in [1.54, 1.807) is 0 Å². The van der Waals surface area contributed by atoms with Crippen LogP contribution in [0, 0.1) is 6.92 Å². The average molecular weight is 242 g/mol. The summed E-state index contributed by atoms with van der Waals surface area (Å²) in [5.74, 6) is 0. The minimum atomic E-state index is 0.0884. The minimum absolute atomic E-state index is 0.0884. The summed E-state index contributed by atoms with van der Waals surface area (Å²) in [6, 6.07) is 12.0. The number of nitrogens with zero attached hydrogens (tertiary/aromatic N) is 2. The number of anilines is 1. The molecule has 1 N–H and O–H groups in total. The van der Waals surface area contributed by atoms with Crippen LogP contribution in [0.5, 0.6) is 0 Å². The highest BCUT2D eigenvalue weighted by Crippen LogP contribution is 2.21. The third-order valence-electron chi connectivity index (χ3n) is 2.98. The zero-order valence-electron chi connectivity index (χ0n) is 10.8. The second kappa shape index (κ2) is 5.65.